The van der Waals surface area contributed by atoms with Gasteiger partial charge in [0.15, 0.2) is 1.43 Å². The highest BCUT2D eigenvalue weighted by Crippen LogP contribution is 2.43. The minimum absolute atomic E-state index is 0.118. The van der Waals surface area contributed by atoms with Crippen molar-refractivity contribution >= 4 is 71.8 Å². The van der Waals surface area contributed by atoms with Crippen LogP contribution in [0, 0.1) is 0 Å². The number of rotatable bonds is 22. The van der Waals surface area contributed by atoms with Crippen molar-refractivity contribution in [3.05, 3.63) is 193 Å². The van der Waals surface area contributed by atoms with Crippen LogP contribution in [-0.4, -0.2) is 264 Å². The fourth-order valence-electron chi connectivity index (χ4n) is 11.5. The summed E-state index contributed by atoms with van der Waals surface area (Å²) in [4.78, 5) is 103. The fraction of sp³-hybridized carbons (Fsp3) is 0.438. The van der Waals surface area contributed by atoms with Gasteiger partial charge >= 0.3 is 37.6 Å². The maximum atomic E-state index is 13.7. The number of benzene rings is 6. The quantitative estimate of drug-likeness (QED) is 0.0286. The van der Waals surface area contributed by atoms with E-state index < -0.39 is 44.9 Å². The molecule has 10 N–H and O–H groups in total. The van der Waals surface area contributed by atoms with Gasteiger partial charge < -0.3 is 53.6 Å². The lowest BCUT2D eigenvalue weighted by Gasteiger charge is -2.29. The second kappa shape index (κ2) is 40.9. The Labute approximate surface area is 576 Å². The highest BCUT2D eigenvalue weighted by Gasteiger charge is 2.31. The maximum absolute atomic E-state index is 13.7. The van der Waals surface area contributed by atoms with Crippen LogP contribution >= 0.6 is 54.0 Å². The molecule has 33 heteroatoms. The van der Waals surface area contributed by atoms with Gasteiger partial charge in [0.25, 0.3) is 0 Å². The summed E-state index contributed by atoms with van der Waals surface area (Å²) in [6.45, 7) is 14.3. The van der Waals surface area contributed by atoms with Gasteiger partial charge in [0.05, 0.1) is 12.6 Å². The van der Waals surface area contributed by atoms with E-state index >= 15 is 0 Å². The summed E-state index contributed by atoms with van der Waals surface area (Å²) >= 11 is 0. The van der Waals surface area contributed by atoms with Crippen LogP contribution in [0.25, 0.3) is 11.1 Å². The van der Waals surface area contributed by atoms with Crippen LogP contribution in [0.3, 0.4) is 0 Å². The van der Waals surface area contributed by atoms with E-state index in [4.69, 9.17) is 1.43 Å². The van der Waals surface area contributed by atoms with E-state index in [-0.39, 0.29) is 31.4 Å². The molecule has 3 atom stereocenters. The van der Waals surface area contributed by atoms with Crippen molar-refractivity contribution in [3.63, 3.8) is 0 Å². The van der Waals surface area contributed by atoms with Crippen molar-refractivity contribution < 1.29 is 76.5 Å². The minimum atomic E-state index is -4.23. The summed E-state index contributed by atoms with van der Waals surface area (Å²) in [5, 5.41) is 5.02. The molecule has 0 amide bonds. The summed E-state index contributed by atoms with van der Waals surface area (Å²) in [7, 11) is -19.6. The van der Waals surface area contributed by atoms with Gasteiger partial charge in [-0.15, -0.1) is 9.12 Å². The predicted molar refractivity (Wildman–Crippen MR) is 391 cm³/mol. The molecule has 3 fully saturated rings. The van der Waals surface area contributed by atoms with E-state index in [9.17, 15) is 71.4 Å². The molecule has 3 unspecified atom stereocenters. The van der Waals surface area contributed by atoms with Crippen molar-refractivity contribution in [1.29, 1.82) is 1.43 Å². The predicted octanol–water partition coefficient (Wildman–Crippen LogP) is 5.74. The molecule has 3 saturated heterocycles. The van der Waals surface area contributed by atoms with Crippen LogP contribution in [-0.2, 0) is 47.0 Å². The molecule has 1 radical (unpaired) electrons. The second-order valence-electron chi connectivity index (χ2n) is 24.7. The van der Waals surface area contributed by atoms with E-state index in [1.54, 1.807) is 31.7 Å². The highest BCUT2D eigenvalue weighted by atomic mass is 31.2. The Hall–Kier alpha value is -3.57. The molecule has 0 bridgehead atoms. The minimum Gasteiger partial charge on any atom is -0.450 e. The average Bonchev–Trinajstić information content (AvgIpc) is 0.985. The van der Waals surface area contributed by atoms with E-state index in [2.05, 4.69) is 99.3 Å². The zero-order valence-corrected chi connectivity index (χ0v) is 61.6. The fourth-order valence-corrected chi connectivity index (χ4v) is 18.4. The molecular formula is C64H98BN9O16P7. The van der Waals surface area contributed by atoms with Crippen LogP contribution in [0.4, 0.5) is 0 Å². The molecule has 0 aliphatic carbocycles. The zero-order chi connectivity index (χ0) is 71.2. The van der Waals surface area contributed by atoms with E-state index in [0.29, 0.717) is 123 Å². The average molecular weight is 1480 g/mol. The van der Waals surface area contributed by atoms with E-state index in [0.717, 1.165) is 53.7 Å². The van der Waals surface area contributed by atoms with E-state index in [1.807, 2.05) is 110 Å². The van der Waals surface area contributed by atoms with Crippen molar-refractivity contribution in [1.82, 2.24) is 44.1 Å². The van der Waals surface area contributed by atoms with Gasteiger partial charge in [0, 0.05) is 148 Å². The Morgan fingerprint density at radius 2 is 0.546 bits per heavy atom. The molecule has 6 aromatic carbocycles. The molecule has 3 heterocycles. The second-order valence-corrected chi connectivity index (χ2v) is 36.6. The summed E-state index contributed by atoms with van der Waals surface area (Å²) in [5.74, 6) is 0. The van der Waals surface area contributed by atoms with Crippen LogP contribution in [0.5, 0.6) is 0 Å². The molecule has 533 valence electrons. The van der Waals surface area contributed by atoms with Crippen molar-refractivity contribution in [2.24, 2.45) is 0 Å². The lowest BCUT2D eigenvalue weighted by Crippen LogP contribution is -2.38. The van der Waals surface area contributed by atoms with Gasteiger partial charge in [-0.05, 0) is 46.6 Å². The first-order valence-electron chi connectivity index (χ1n) is 32.4. The molecular weight excluding hydrogens is 1380 g/mol. The molecule has 3 aliphatic heterocycles. The SMILES string of the molecule is CP(=O)(CN1CCN(Cc2ccccc2)CCN(CP(=O)(O)c2ccccc2)CC1)c1ccccc1.O=P(O)(O)CN1CCN(Cc2ccc(-c3ccccc3)cc2)CCN(CP(=O)(O)O)CC1.O=P(O)(O)CN1CCN(Cc2ccccc2)CCN(CP(=O)(O)O)CC1.[3H]O[B]P. The summed E-state index contributed by atoms with van der Waals surface area (Å²) in [6.07, 6.45) is -0.815. The summed E-state index contributed by atoms with van der Waals surface area (Å²) < 4.78 is 78.6. The summed E-state index contributed by atoms with van der Waals surface area (Å²) in [5.41, 5.74) is 5.74. The first-order valence-corrected chi connectivity index (χ1v) is 44.0. The van der Waals surface area contributed by atoms with Crippen LogP contribution in [0.15, 0.2) is 176 Å². The van der Waals surface area contributed by atoms with Crippen LogP contribution < -0.4 is 10.6 Å². The Kier molecular flexibility index (Phi) is 34.1. The normalized spacial score (nSPS) is 18.9. The Bertz CT molecular complexity index is 3400. The van der Waals surface area contributed by atoms with Gasteiger partial charge in [-0.3, -0.25) is 66.9 Å². The third-order valence-corrected chi connectivity index (χ3v) is 23.7. The highest BCUT2D eigenvalue weighted by molar-refractivity contribution is 7.70. The third kappa shape index (κ3) is 33.9. The van der Waals surface area contributed by atoms with Crippen molar-refractivity contribution in [3.8, 4) is 11.1 Å². The summed E-state index contributed by atoms with van der Waals surface area (Å²) in [6, 6.07) is 57.3. The molecule has 0 saturated carbocycles. The molecule has 0 spiro atoms. The molecule has 3 aliphatic rings. The molecule has 97 heavy (non-hydrogen) atoms. The van der Waals surface area contributed by atoms with Gasteiger partial charge in [-0.1, -0.05) is 164 Å². The Balaban J connectivity index is 0.000000228. The Morgan fingerprint density at radius 3 is 0.835 bits per heavy atom. The third-order valence-electron chi connectivity index (χ3n) is 16.4. The van der Waals surface area contributed by atoms with Gasteiger partial charge in [0.2, 0.25) is 7.37 Å². The van der Waals surface area contributed by atoms with Crippen molar-refractivity contribution in [2.45, 2.75) is 19.6 Å². The first kappa shape index (κ1) is 80.7. The zero-order valence-electron chi connectivity index (χ0n) is 56.1. The first-order chi connectivity index (χ1) is 46.4. The maximum Gasteiger partial charge on any atom is 0.339 e. The lowest BCUT2D eigenvalue weighted by atomic mass is 10.0. The number of hydrogen-bond acceptors (Lipinski definition) is 16. The van der Waals surface area contributed by atoms with Crippen molar-refractivity contribution in [2.75, 3.05) is 162 Å². The lowest BCUT2D eigenvalue weighted by molar-refractivity contribution is 0.217. The van der Waals surface area contributed by atoms with E-state index in [1.165, 1.54) is 12.8 Å². The van der Waals surface area contributed by atoms with Crippen LogP contribution in [0.2, 0.25) is 0 Å². The number of nitrogens with zero attached hydrogens (tertiary/aromatic N) is 9. The molecule has 6 aromatic rings. The van der Waals surface area contributed by atoms with Gasteiger partial charge in [-0.2, -0.15) is 0 Å². The molecule has 9 rings (SSSR count). The monoisotopic (exact) mass is 1480 g/mol. The smallest absolute Gasteiger partial charge is 0.339 e. The number of hydrogen-bond donors (Lipinski definition) is 10. The largest absolute Gasteiger partial charge is 0.450 e. The Morgan fingerprint density at radius 1 is 0.320 bits per heavy atom. The van der Waals surface area contributed by atoms with Gasteiger partial charge in [-0.25, -0.2) is 0 Å². The molecule has 0 aromatic heterocycles. The van der Waals surface area contributed by atoms with Crippen LogP contribution in [0.1, 0.15) is 16.7 Å². The standard InChI is InChI=1S/C28H37N3O3P2.C21H31N3O6P2.C15H27N3O6P2.BH3OP/c1-35(32,27-13-7-3-8-14-27)24-30-19-17-29(23-26-11-5-2-6-12-26)18-20-31(22-21-30)25-36(33,34)28-15-9-4-10-16-28;25-31(26,27)17-23-12-10-22(11-13-24(15-14-23)18-32(28,29)30)16-19-6-8-21(9-7-19)20-4-2-1-3-5-20;19-25(20,21)13-17-8-6-16(12-15-4-2-1-3-5-15)7-9-18(11-10-17)14-26(22,23)24;2-1-3/h2-16H,17-25H2,1H3,(H,33,34);1-9H,10-18H2,(H2,25,26,27)(H2,28,29,30);1-5H,6-14H2,(H2,19,20,21)(H2,22,23,24);2H,3H2/i;;;2T. The van der Waals surface area contributed by atoms with Gasteiger partial charge in [0.1, 0.15) is 32.3 Å². The molecule has 25 nitrogen and oxygen atoms in total. The topological polar surface area (TPSA) is 334 Å².